The molecule has 128 valence electrons. The number of hydrogen-bond acceptors (Lipinski definition) is 7. The topological polar surface area (TPSA) is 92.9 Å². The van der Waals surface area contributed by atoms with Gasteiger partial charge in [-0.2, -0.15) is 4.98 Å². The SMILES string of the molecule is O=C(CCSc1ccccc1Br)NNc1nc(-c2ccncc2)no1. The number of anilines is 1. The van der Waals surface area contributed by atoms with Gasteiger partial charge in [0.15, 0.2) is 0 Å². The summed E-state index contributed by atoms with van der Waals surface area (Å²) in [5.74, 6) is 0.911. The van der Waals surface area contributed by atoms with Crippen molar-refractivity contribution in [1.29, 1.82) is 0 Å². The van der Waals surface area contributed by atoms with Gasteiger partial charge in [0.1, 0.15) is 0 Å². The van der Waals surface area contributed by atoms with Gasteiger partial charge in [-0.3, -0.25) is 15.2 Å². The lowest BCUT2D eigenvalue weighted by Gasteiger charge is -2.05. The van der Waals surface area contributed by atoms with E-state index < -0.39 is 0 Å². The number of pyridine rings is 1. The largest absolute Gasteiger partial charge is 0.340 e. The summed E-state index contributed by atoms with van der Waals surface area (Å²) in [6.07, 6.45) is 3.64. The predicted octanol–water partition coefficient (Wildman–Crippen LogP) is 3.52. The van der Waals surface area contributed by atoms with E-state index in [0.29, 0.717) is 18.0 Å². The molecule has 7 nitrogen and oxygen atoms in total. The summed E-state index contributed by atoms with van der Waals surface area (Å²) in [7, 11) is 0. The van der Waals surface area contributed by atoms with Gasteiger partial charge >= 0.3 is 6.01 Å². The standard InChI is InChI=1S/C16H14BrN5O2S/c17-12-3-1-2-4-13(12)25-10-7-14(23)20-21-16-19-15(22-24-16)11-5-8-18-9-6-11/h1-6,8-9H,7,10H2,(H,20,23)(H,19,21,22). The second-order valence-electron chi connectivity index (χ2n) is 4.86. The van der Waals surface area contributed by atoms with Crippen LogP contribution < -0.4 is 10.9 Å². The first kappa shape index (κ1) is 17.4. The molecule has 0 unspecified atom stereocenters. The van der Waals surface area contributed by atoms with Gasteiger partial charge in [-0.05, 0) is 40.2 Å². The second kappa shape index (κ2) is 8.63. The zero-order chi connectivity index (χ0) is 17.5. The number of halogens is 1. The van der Waals surface area contributed by atoms with E-state index >= 15 is 0 Å². The smallest absolute Gasteiger partial charge is 0.313 e. The molecular weight excluding hydrogens is 406 g/mol. The monoisotopic (exact) mass is 419 g/mol. The first-order valence-electron chi connectivity index (χ1n) is 7.38. The number of hydrogen-bond donors (Lipinski definition) is 2. The van der Waals surface area contributed by atoms with Gasteiger partial charge in [-0.15, -0.1) is 11.8 Å². The van der Waals surface area contributed by atoms with E-state index in [1.54, 1.807) is 36.3 Å². The zero-order valence-corrected chi connectivity index (χ0v) is 15.4. The molecule has 0 aliphatic carbocycles. The lowest BCUT2D eigenvalue weighted by molar-refractivity contribution is -0.120. The van der Waals surface area contributed by atoms with E-state index in [-0.39, 0.29) is 11.9 Å². The molecule has 0 radical (unpaired) electrons. The Morgan fingerprint density at radius 1 is 1.20 bits per heavy atom. The minimum atomic E-state index is -0.164. The number of carbonyl (C=O) groups is 1. The molecule has 2 heterocycles. The summed E-state index contributed by atoms with van der Waals surface area (Å²) in [6, 6.07) is 11.6. The van der Waals surface area contributed by atoms with E-state index in [2.05, 4.69) is 41.9 Å². The Bertz CT molecular complexity index is 843. The van der Waals surface area contributed by atoms with Crippen LogP contribution in [0.4, 0.5) is 6.01 Å². The highest BCUT2D eigenvalue weighted by atomic mass is 79.9. The average Bonchev–Trinajstić information content (AvgIpc) is 3.11. The fraction of sp³-hybridized carbons (Fsp3) is 0.125. The van der Waals surface area contributed by atoms with Crippen LogP contribution >= 0.6 is 27.7 Å². The van der Waals surface area contributed by atoms with Crippen LogP contribution in [0.3, 0.4) is 0 Å². The highest BCUT2D eigenvalue weighted by molar-refractivity contribution is 9.10. The molecule has 3 aromatic rings. The number of nitrogens with zero attached hydrogens (tertiary/aromatic N) is 3. The molecule has 0 aliphatic rings. The van der Waals surface area contributed by atoms with Crippen molar-refractivity contribution in [2.45, 2.75) is 11.3 Å². The summed E-state index contributed by atoms with van der Waals surface area (Å²) in [6.45, 7) is 0. The molecule has 0 saturated heterocycles. The van der Waals surface area contributed by atoms with E-state index in [9.17, 15) is 4.79 Å². The lowest BCUT2D eigenvalue weighted by atomic mass is 10.3. The third-order valence-corrected chi connectivity index (χ3v) is 5.13. The Hall–Kier alpha value is -2.39. The van der Waals surface area contributed by atoms with Crippen molar-refractivity contribution in [2.75, 3.05) is 11.2 Å². The first-order chi connectivity index (χ1) is 12.2. The molecule has 1 aromatic carbocycles. The Balaban J connectivity index is 1.44. The van der Waals surface area contributed by atoms with E-state index in [4.69, 9.17) is 4.52 Å². The zero-order valence-electron chi connectivity index (χ0n) is 13.0. The van der Waals surface area contributed by atoms with Crippen molar-refractivity contribution in [2.24, 2.45) is 0 Å². The Kier molecular flexibility index (Phi) is 6.02. The molecule has 0 saturated carbocycles. The number of hydrazine groups is 1. The van der Waals surface area contributed by atoms with Crippen LogP contribution in [-0.2, 0) is 4.79 Å². The summed E-state index contributed by atoms with van der Waals surface area (Å²) in [4.78, 5) is 21.0. The van der Waals surface area contributed by atoms with Crippen LogP contribution in [0, 0.1) is 0 Å². The third kappa shape index (κ3) is 5.04. The molecule has 0 aliphatic heterocycles. The van der Waals surface area contributed by atoms with Crippen molar-refractivity contribution < 1.29 is 9.32 Å². The number of carbonyl (C=O) groups excluding carboxylic acids is 1. The van der Waals surface area contributed by atoms with Gasteiger partial charge < -0.3 is 4.52 Å². The quantitative estimate of drug-likeness (QED) is 0.446. The maximum atomic E-state index is 11.9. The van der Waals surface area contributed by atoms with Crippen molar-refractivity contribution in [3.8, 4) is 11.4 Å². The van der Waals surface area contributed by atoms with Gasteiger partial charge in [-0.25, -0.2) is 5.43 Å². The van der Waals surface area contributed by atoms with E-state index in [0.717, 1.165) is 14.9 Å². The predicted molar refractivity (Wildman–Crippen MR) is 98.8 cm³/mol. The number of benzene rings is 1. The van der Waals surface area contributed by atoms with Crippen molar-refractivity contribution >= 4 is 39.6 Å². The Labute approximate surface area is 156 Å². The first-order valence-corrected chi connectivity index (χ1v) is 9.16. The Morgan fingerprint density at radius 3 is 2.80 bits per heavy atom. The highest BCUT2D eigenvalue weighted by Gasteiger charge is 2.09. The molecule has 9 heteroatoms. The summed E-state index contributed by atoms with van der Waals surface area (Å²) in [5.41, 5.74) is 5.94. The van der Waals surface area contributed by atoms with Crippen LogP contribution in [0.2, 0.25) is 0 Å². The molecule has 2 aromatic heterocycles. The van der Waals surface area contributed by atoms with Gasteiger partial charge in [0.05, 0.1) is 0 Å². The van der Waals surface area contributed by atoms with Gasteiger partial charge in [0.2, 0.25) is 11.7 Å². The number of amides is 1. The summed E-state index contributed by atoms with van der Waals surface area (Å²) in [5, 5.41) is 3.84. The number of nitrogens with one attached hydrogen (secondary N) is 2. The molecule has 1 amide bonds. The van der Waals surface area contributed by atoms with Crippen LogP contribution in [0.25, 0.3) is 11.4 Å². The highest BCUT2D eigenvalue weighted by Crippen LogP contribution is 2.27. The molecule has 3 rings (SSSR count). The molecule has 0 spiro atoms. The number of rotatable bonds is 7. The molecule has 0 bridgehead atoms. The van der Waals surface area contributed by atoms with Crippen molar-refractivity contribution in [1.82, 2.24) is 20.6 Å². The average molecular weight is 420 g/mol. The lowest BCUT2D eigenvalue weighted by Crippen LogP contribution is -2.29. The Morgan fingerprint density at radius 2 is 2.00 bits per heavy atom. The fourth-order valence-electron chi connectivity index (χ4n) is 1.89. The summed E-state index contributed by atoms with van der Waals surface area (Å²) < 4.78 is 6.06. The molecule has 25 heavy (non-hydrogen) atoms. The van der Waals surface area contributed by atoms with Gasteiger partial charge in [0.25, 0.3) is 0 Å². The molecule has 2 N–H and O–H groups in total. The van der Waals surface area contributed by atoms with Crippen LogP contribution in [-0.4, -0.2) is 26.8 Å². The van der Waals surface area contributed by atoms with Gasteiger partial charge in [0, 0.05) is 39.5 Å². The van der Waals surface area contributed by atoms with Crippen molar-refractivity contribution in [3.05, 3.63) is 53.3 Å². The minimum absolute atomic E-state index is 0.124. The molecular formula is C16H14BrN5O2S. The fourth-order valence-corrected chi connectivity index (χ4v) is 3.41. The normalized spacial score (nSPS) is 10.4. The minimum Gasteiger partial charge on any atom is -0.313 e. The van der Waals surface area contributed by atoms with Crippen LogP contribution in [0.5, 0.6) is 0 Å². The van der Waals surface area contributed by atoms with E-state index in [1.165, 1.54) is 0 Å². The number of aromatic nitrogens is 3. The summed E-state index contributed by atoms with van der Waals surface area (Å²) >= 11 is 5.09. The van der Waals surface area contributed by atoms with Gasteiger partial charge in [-0.1, -0.05) is 17.3 Å². The maximum absolute atomic E-state index is 11.9. The van der Waals surface area contributed by atoms with Crippen LogP contribution in [0.15, 0.2) is 62.7 Å². The van der Waals surface area contributed by atoms with E-state index in [1.807, 2.05) is 24.3 Å². The third-order valence-electron chi connectivity index (χ3n) is 3.10. The van der Waals surface area contributed by atoms with Crippen molar-refractivity contribution in [3.63, 3.8) is 0 Å². The molecule has 0 fully saturated rings. The number of thioether (sulfide) groups is 1. The maximum Gasteiger partial charge on any atom is 0.340 e. The molecule has 0 atom stereocenters. The second-order valence-corrected chi connectivity index (χ2v) is 6.85. The van der Waals surface area contributed by atoms with Crippen LogP contribution in [0.1, 0.15) is 6.42 Å².